The molecule has 0 N–H and O–H groups in total. The highest BCUT2D eigenvalue weighted by molar-refractivity contribution is 5.95. The molecule has 0 unspecified atom stereocenters. The van der Waals surface area contributed by atoms with Gasteiger partial charge in [-0.15, -0.1) is 0 Å². The standard InChI is InChI=1S/C23H27N3O3/c1-5-25(15-19-11-12-21(28-3)22(13-19)29-4)23(27)20-14-24-26(17(20)2)16-18-9-7-6-8-10-18/h6-14H,5,15-16H2,1-4H3. The van der Waals surface area contributed by atoms with Crippen molar-refractivity contribution in [3.63, 3.8) is 0 Å². The SMILES string of the molecule is CCN(Cc1ccc(OC)c(OC)c1)C(=O)c1cnn(Cc2ccccc2)c1C. The molecular weight excluding hydrogens is 366 g/mol. The Hall–Kier alpha value is -3.28. The van der Waals surface area contributed by atoms with Crippen LogP contribution in [0.2, 0.25) is 0 Å². The zero-order valence-electron chi connectivity index (χ0n) is 17.4. The molecule has 2 aromatic carbocycles. The summed E-state index contributed by atoms with van der Waals surface area (Å²) in [5, 5.41) is 4.44. The van der Waals surface area contributed by atoms with Crippen LogP contribution in [0.25, 0.3) is 0 Å². The molecule has 1 heterocycles. The molecule has 3 rings (SSSR count). The van der Waals surface area contributed by atoms with Crippen LogP contribution in [0, 0.1) is 6.92 Å². The van der Waals surface area contributed by atoms with E-state index in [0.717, 1.165) is 16.8 Å². The van der Waals surface area contributed by atoms with Gasteiger partial charge in [0, 0.05) is 18.8 Å². The lowest BCUT2D eigenvalue weighted by Gasteiger charge is -2.21. The minimum Gasteiger partial charge on any atom is -0.493 e. The van der Waals surface area contributed by atoms with Crippen LogP contribution in [-0.2, 0) is 13.1 Å². The van der Waals surface area contributed by atoms with Gasteiger partial charge in [-0.2, -0.15) is 5.10 Å². The summed E-state index contributed by atoms with van der Waals surface area (Å²) < 4.78 is 12.5. The summed E-state index contributed by atoms with van der Waals surface area (Å²) in [4.78, 5) is 15.0. The molecule has 0 aliphatic carbocycles. The molecule has 1 amide bonds. The second-order valence-corrected chi connectivity index (χ2v) is 6.80. The normalized spacial score (nSPS) is 10.6. The van der Waals surface area contributed by atoms with Crippen molar-refractivity contribution in [1.82, 2.24) is 14.7 Å². The Morgan fingerprint density at radius 1 is 1.03 bits per heavy atom. The van der Waals surface area contributed by atoms with Gasteiger partial charge in [0.1, 0.15) is 0 Å². The molecule has 0 saturated heterocycles. The third kappa shape index (κ3) is 4.59. The lowest BCUT2D eigenvalue weighted by molar-refractivity contribution is 0.0751. The number of carbonyl (C=O) groups is 1. The quantitative estimate of drug-likeness (QED) is 0.582. The summed E-state index contributed by atoms with van der Waals surface area (Å²) >= 11 is 0. The van der Waals surface area contributed by atoms with Crippen LogP contribution in [0.4, 0.5) is 0 Å². The number of carbonyl (C=O) groups excluding carboxylic acids is 1. The number of nitrogens with zero attached hydrogens (tertiary/aromatic N) is 3. The molecule has 6 heteroatoms. The maximum absolute atomic E-state index is 13.2. The van der Waals surface area contributed by atoms with Crippen molar-refractivity contribution >= 4 is 5.91 Å². The number of hydrogen-bond acceptors (Lipinski definition) is 4. The first-order valence-corrected chi connectivity index (χ1v) is 9.63. The fraction of sp³-hybridized carbons (Fsp3) is 0.304. The zero-order chi connectivity index (χ0) is 20.8. The Kier molecular flexibility index (Phi) is 6.54. The van der Waals surface area contributed by atoms with Crippen molar-refractivity contribution in [3.05, 3.63) is 77.1 Å². The van der Waals surface area contributed by atoms with Crippen LogP contribution >= 0.6 is 0 Å². The fourth-order valence-corrected chi connectivity index (χ4v) is 3.27. The predicted octanol–water partition coefficient (Wildman–Crippen LogP) is 3.92. The number of methoxy groups -OCH3 is 2. The van der Waals surface area contributed by atoms with E-state index < -0.39 is 0 Å². The molecule has 152 valence electrons. The predicted molar refractivity (Wildman–Crippen MR) is 112 cm³/mol. The Morgan fingerprint density at radius 2 is 1.76 bits per heavy atom. The highest BCUT2D eigenvalue weighted by Gasteiger charge is 2.20. The largest absolute Gasteiger partial charge is 0.493 e. The van der Waals surface area contributed by atoms with E-state index in [1.165, 1.54) is 0 Å². The Morgan fingerprint density at radius 3 is 2.41 bits per heavy atom. The zero-order valence-corrected chi connectivity index (χ0v) is 17.4. The van der Waals surface area contributed by atoms with Crippen LogP contribution in [-0.4, -0.2) is 41.4 Å². The van der Waals surface area contributed by atoms with E-state index in [0.29, 0.717) is 36.7 Å². The van der Waals surface area contributed by atoms with Crippen LogP contribution in [0.15, 0.2) is 54.7 Å². The van der Waals surface area contributed by atoms with E-state index in [1.54, 1.807) is 25.3 Å². The van der Waals surface area contributed by atoms with E-state index >= 15 is 0 Å². The topological polar surface area (TPSA) is 56.6 Å². The fourth-order valence-electron chi connectivity index (χ4n) is 3.27. The van der Waals surface area contributed by atoms with Gasteiger partial charge in [-0.3, -0.25) is 9.48 Å². The average molecular weight is 393 g/mol. The second-order valence-electron chi connectivity index (χ2n) is 6.80. The number of benzene rings is 2. The highest BCUT2D eigenvalue weighted by atomic mass is 16.5. The molecule has 0 aliphatic heterocycles. The van der Waals surface area contributed by atoms with Gasteiger partial charge in [0.25, 0.3) is 5.91 Å². The third-order valence-corrected chi connectivity index (χ3v) is 5.00. The number of amides is 1. The summed E-state index contributed by atoms with van der Waals surface area (Å²) in [5.41, 5.74) is 3.62. The van der Waals surface area contributed by atoms with Gasteiger partial charge in [-0.1, -0.05) is 36.4 Å². The molecule has 0 bridgehead atoms. The second kappa shape index (κ2) is 9.28. The van der Waals surface area contributed by atoms with Crippen molar-refractivity contribution in [3.8, 4) is 11.5 Å². The summed E-state index contributed by atoms with van der Waals surface area (Å²) in [7, 11) is 3.21. The van der Waals surface area contributed by atoms with Crippen LogP contribution in [0.5, 0.6) is 11.5 Å². The maximum Gasteiger partial charge on any atom is 0.257 e. The van der Waals surface area contributed by atoms with Gasteiger partial charge in [0.05, 0.1) is 32.5 Å². The summed E-state index contributed by atoms with van der Waals surface area (Å²) in [6.45, 7) is 5.63. The smallest absolute Gasteiger partial charge is 0.257 e. The van der Waals surface area contributed by atoms with Gasteiger partial charge in [0.15, 0.2) is 11.5 Å². The molecule has 0 atom stereocenters. The lowest BCUT2D eigenvalue weighted by atomic mass is 10.1. The Labute approximate surface area is 171 Å². The Bertz CT molecular complexity index is 967. The van der Waals surface area contributed by atoms with Gasteiger partial charge >= 0.3 is 0 Å². The van der Waals surface area contributed by atoms with Crippen molar-refractivity contribution in [2.24, 2.45) is 0 Å². The van der Waals surface area contributed by atoms with Crippen LogP contribution in [0.3, 0.4) is 0 Å². The molecule has 0 aliphatic rings. The van der Waals surface area contributed by atoms with Crippen LogP contribution < -0.4 is 9.47 Å². The van der Waals surface area contributed by atoms with E-state index in [4.69, 9.17) is 9.47 Å². The number of hydrogen-bond donors (Lipinski definition) is 0. The van der Waals surface area contributed by atoms with Crippen molar-refractivity contribution in [2.45, 2.75) is 26.9 Å². The highest BCUT2D eigenvalue weighted by Crippen LogP contribution is 2.28. The molecule has 6 nitrogen and oxygen atoms in total. The monoisotopic (exact) mass is 393 g/mol. The number of ether oxygens (including phenoxy) is 2. The van der Waals surface area contributed by atoms with E-state index in [2.05, 4.69) is 17.2 Å². The minimum absolute atomic E-state index is 0.0286. The van der Waals surface area contributed by atoms with E-state index in [1.807, 2.05) is 54.9 Å². The summed E-state index contributed by atoms with van der Waals surface area (Å²) in [5.74, 6) is 1.29. The van der Waals surface area contributed by atoms with Gasteiger partial charge < -0.3 is 14.4 Å². The number of rotatable bonds is 8. The Balaban J connectivity index is 1.78. The molecule has 0 saturated carbocycles. The van der Waals surface area contributed by atoms with Crippen molar-refractivity contribution < 1.29 is 14.3 Å². The minimum atomic E-state index is -0.0286. The third-order valence-electron chi connectivity index (χ3n) is 5.00. The molecular formula is C23H27N3O3. The number of aromatic nitrogens is 2. The first-order valence-electron chi connectivity index (χ1n) is 9.63. The molecule has 0 fully saturated rings. The molecule has 3 aromatic rings. The summed E-state index contributed by atoms with van der Waals surface area (Å²) in [6, 6.07) is 15.8. The molecule has 29 heavy (non-hydrogen) atoms. The molecule has 0 radical (unpaired) electrons. The molecule has 1 aromatic heterocycles. The molecule has 0 spiro atoms. The van der Waals surface area contributed by atoms with Crippen LogP contribution in [0.1, 0.15) is 34.1 Å². The van der Waals surface area contributed by atoms with Crippen molar-refractivity contribution in [1.29, 1.82) is 0 Å². The van der Waals surface area contributed by atoms with Crippen molar-refractivity contribution in [2.75, 3.05) is 20.8 Å². The summed E-state index contributed by atoms with van der Waals surface area (Å²) in [6.07, 6.45) is 1.66. The first kappa shape index (κ1) is 20.5. The van der Waals surface area contributed by atoms with Gasteiger partial charge in [-0.05, 0) is 37.1 Å². The average Bonchev–Trinajstić information content (AvgIpc) is 3.12. The van der Waals surface area contributed by atoms with E-state index in [9.17, 15) is 4.79 Å². The first-order chi connectivity index (χ1) is 14.1. The van der Waals surface area contributed by atoms with Gasteiger partial charge in [-0.25, -0.2) is 0 Å². The van der Waals surface area contributed by atoms with E-state index in [-0.39, 0.29) is 5.91 Å². The maximum atomic E-state index is 13.2. The lowest BCUT2D eigenvalue weighted by Crippen LogP contribution is -2.30. The van der Waals surface area contributed by atoms with Gasteiger partial charge in [0.2, 0.25) is 0 Å².